The Labute approximate surface area is 150 Å². The van der Waals surface area contributed by atoms with Crippen molar-refractivity contribution in [1.82, 2.24) is 15.3 Å². The number of hydrogen-bond acceptors (Lipinski definition) is 6. The minimum absolute atomic E-state index is 0. The van der Waals surface area contributed by atoms with Gasteiger partial charge in [-0.15, -0.1) is 0 Å². The maximum atomic E-state index is 12.0. The van der Waals surface area contributed by atoms with Crippen molar-refractivity contribution in [3.8, 4) is 0 Å². The van der Waals surface area contributed by atoms with Gasteiger partial charge >= 0.3 is 6.09 Å². The van der Waals surface area contributed by atoms with E-state index in [0.717, 1.165) is 45.3 Å². The Balaban J connectivity index is 0.00000312. The number of amides is 1. The summed E-state index contributed by atoms with van der Waals surface area (Å²) in [5.74, 6) is 0.602. The van der Waals surface area contributed by atoms with Gasteiger partial charge in [-0.3, -0.25) is 10.1 Å². The van der Waals surface area contributed by atoms with Crippen molar-refractivity contribution in [3.05, 3.63) is 22.0 Å². The van der Waals surface area contributed by atoms with Gasteiger partial charge in [-0.1, -0.05) is 7.43 Å². The molecule has 1 saturated heterocycles. The number of hydrogen-bond donors (Lipinski definition) is 1. The third-order valence-electron chi connectivity index (χ3n) is 4.28. The molecule has 0 aromatic rings. The van der Waals surface area contributed by atoms with Gasteiger partial charge in [0.2, 0.25) is 0 Å². The normalized spacial score (nSPS) is 18.6. The van der Waals surface area contributed by atoms with Crippen LogP contribution in [0.25, 0.3) is 0 Å². The second-order valence-electron chi connectivity index (χ2n) is 7.46. The summed E-state index contributed by atoms with van der Waals surface area (Å²) in [5, 5.41) is 12.5. The molecule has 1 fully saturated rings. The van der Waals surface area contributed by atoms with Crippen LogP contribution in [0.1, 0.15) is 53.9 Å². The number of hydrazine groups is 1. The molecule has 0 spiro atoms. The second kappa shape index (κ2) is 9.03. The molecule has 8 heteroatoms. The molecule has 0 aromatic carbocycles. The maximum Gasteiger partial charge on any atom is 0.410 e. The van der Waals surface area contributed by atoms with Gasteiger partial charge in [-0.2, -0.15) is 0 Å². The number of rotatable bonds is 5. The first-order valence-corrected chi connectivity index (χ1v) is 8.58. The minimum Gasteiger partial charge on any atom is -0.444 e. The Morgan fingerprint density at radius 2 is 2.04 bits per heavy atom. The van der Waals surface area contributed by atoms with E-state index in [-0.39, 0.29) is 24.1 Å². The molecule has 0 aromatic heterocycles. The van der Waals surface area contributed by atoms with Crippen LogP contribution in [0.2, 0.25) is 0 Å². The van der Waals surface area contributed by atoms with Gasteiger partial charge in [0, 0.05) is 19.6 Å². The topological polar surface area (TPSA) is 88.0 Å². The molecule has 2 heterocycles. The fraction of sp³-hybridized carbons (Fsp3) is 0.824. The van der Waals surface area contributed by atoms with Gasteiger partial charge in [0.05, 0.1) is 11.1 Å². The average Bonchev–Trinajstić information content (AvgIpc) is 2.95. The monoisotopic (exact) mass is 356 g/mol. The number of ether oxygens (including phenoxy) is 1. The van der Waals surface area contributed by atoms with Gasteiger partial charge in [0.1, 0.15) is 12.1 Å². The van der Waals surface area contributed by atoms with Crippen LogP contribution in [-0.2, 0) is 4.74 Å². The maximum absolute atomic E-state index is 12.0. The lowest BCUT2D eigenvalue weighted by molar-refractivity contribution is -0.424. The average molecular weight is 356 g/mol. The highest BCUT2D eigenvalue weighted by Gasteiger charge is 2.27. The fourth-order valence-corrected chi connectivity index (χ4v) is 2.99. The summed E-state index contributed by atoms with van der Waals surface area (Å²) in [5.41, 5.74) is 2.76. The van der Waals surface area contributed by atoms with Crippen molar-refractivity contribution >= 4 is 6.09 Å². The van der Waals surface area contributed by atoms with Crippen molar-refractivity contribution < 1.29 is 14.5 Å². The first-order valence-electron chi connectivity index (χ1n) is 8.58. The quantitative estimate of drug-likeness (QED) is 0.602. The van der Waals surface area contributed by atoms with E-state index in [2.05, 4.69) is 5.43 Å². The number of likely N-dealkylation sites (tertiary alicyclic amines) is 1. The summed E-state index contributed by atoms with van der Waals surface area (Å²) in [6.07, 6.45) is 5.38. The number of nitrogens with one attached hydrogen (secondary N) is 1. The molecule has 0 atom stereocenters. The molecule has 144 valence electrons. The third-order valence-corrected chi connectivity index (χ3v) is 4.28. The van der Waals surface area contributed by atoms with E-state index in [1.807, 2.05) is 20.8 Å². The molecule has 8 nitrogen and oxygen atoms in total. The first-order chi connectivity index (χ1) is 11.2. The molecule has 0 aliphatic carbocycles. The van der Waals surface area contributed by atoms with Crippen LogP contribution in [0.15, 0.2) is 11.9 Å². The Morgan fingerprint density at radius 1 is 1.40 bits per heavy atom. The van der Waals surface area contributed by atoms with Crippen molar-refractivity contribution in [3.63, 3.8) is 0 Å². The zero-order valence-corrected chi connectivity index (χ0v) is 14.8. The molecule has 25 heavy (non-hydrogen) atoms. The summed E-state index contributed by atoms with van der Waals surface area (Å²) in [6.45, 7) is 8.18. The molecule has 2 rings (SSSR count). The van der Waals surface area contributed by atoms with E-state index in [0.29, 0.717) is 12.5 Å². The van der Waals surface area contributed by atoms with E-state index in [4.69, 9.17) is 4.74 Å². The molecule has 0 saturated carbocycles. The van der Waals surface area contributed by atoms with Gasteiger partial charge in [0.25, 0.3) is 5.70 Å². The largest absolute Gasteiger partial charge is 0.444 e. The zero-order valence-electron chi connectivity index (χ0n) is 14.8. The van der Waals surface area contributed by atoms with Crippen LogP contribution in [-0.4, -0.2) is 52.7 Å². The Kier molecular flexibility index (Phi) is 7.66. The Morgan fingerprint density at radius 3 is 2.56 bits per heavy atom. The highest BCUT2D eigenvalue weighted by atomic mass is 16.6. The van der Waals surface area contributed by atoms with Crippen molar-refractivity contribution in [2.45, 2.75) is 59.5 Å². The Hall–Kier alpha value is -1.83. The molecular weight excluding hydrogens is 324 g/mol. The van der Waals surface area contributed by atoms with Crippen LogP contribution >= 0.6 is 0 Å². The first kappa shape index (κ1) is 21.2. The highest BCUT2D eigenvalue weighted by Crippen LogP contribution is 2.23. The lowest BCUT2D eigenvalue weighted by Crippen LogP contribution is -2.41. The zero-order chi connectivity index (χ0) is 17.7. The lowest BCUT2D eigenvalue weighted by atomic mass is 9.92. The van der Waals surface area contributed by atoms with Crippen LogP contribution in [0, 0.1) is 16.0 Å². The van der Waals surface area contributed by atoms with Crippen LogP contribution in [0.3, 0.4) is 0 Å². The third kappa shape index (κ3) is 6.89. The van der Waals surface area contributed by atoms with Gasteiger partial charge < -0.3 is 14.6 Å². The van der Waals surface area contributed by atoms with Crippen LogP contribution in [0.4, 0.5) is 4.79 Å². The number of nitro groups is 1. The number of nitrogens with zero attached hydrogens (tertiary/aromatic N) is 3. The van der Waals surface area contributed by atoms with Crippen molar-refractivity contribution in [1.29, 1.82) is 0 Å². The van der Waals surface area contributed by atoms with Crippen molar-refractivity contribution in [2.24, 2.45) is 5.92 Å². The molecule has 2 aliphatic heterocycles. The molecule has 1 N–H and O–H groups in total. The highest BCUT2D eigenvalue weighted by molar-refractivity contribution is 5.68. The van der Waals surface area contributed by atoms with Crippen LogP contribution in [0.5, 0.6) is 0 Å². The van der Waals surface area contributed by atoms with Gasteiger partial charge in [-0.25, -0.2) is 10.2 Å². The molecule has 0 radical (unpaired) electrons. The lowest BCUT2D eigenvalue weighted by Gasteiger charge is -2.33. The molecular formula is C17H32N4O4. The van der Waals surface area contributed by atoms with E-state index >= 15 is 0 Å². The molecule has 0 unspecified atom stereocenters. The minimum atomic E-state index is -0.452. The van der Waals surface area contributed by atoms with E-state index in [1.54, 1.807) is 16.1 Å². The fourth-order valence-electron chi connectivity index (χ4n) is 2.99. The summed E-state index contributed by atoms with van der Waals surface area (Å²) >= 11 is 0. The van der Waals surface area contributed by atoms with Crippen LogP contribution < -0.4 is 5.43 Å². The number of carbonyl (C=O) groups is 1. The number of piperidine rings is 1. The second-order valence-corrected chi connectivity index (χ2v) is 7.46. The van der Waals surface area contributed by atoms with E-state index in [9.17, 15) is 14.9 Å². The van der Waals surface area contributed by atoms with E-state index < -0.39 is 5.60 Å². The van der Waals surface area contributed by atoms with Gasteiger partial charge in [-0.05, 0) is 52.4 Å². The molecule has 2 aliphatic rings. The summed E-state index contributed by atoms with van der Waals surface area (Å²) in [6, 6.07) is 0. The predicted molar refractivity (Wildman–Crippen MR) is 96.3 cm³/mol. The SMILES string of the molecule is C.CC(C)(C)OC(=O)N1CCC(CCCN2C=C([N+](=O)[O-])CN2)CC1. The smallest absolute Gasteiger partial charge is 0.410 e. The Bertz CT molecular complexity index is 493. The molecule has 1 amide bonds. The standard InChI is InChI=1S/C16H28N4O4.CH4/c1-16(2,3)24-15(21)18-9-6-13(7-10-18)5-4-8-19-12-14(11-17-19)20(22)23;/h12-13,17H,4-11H2,1-3H3;1H4. The predicted octanol–water partition coefficient (Wildman–Crippen LogP) is 2.99. The summed E-state index contributed by atoms with van der Waals surface area (Å²) < 4.78 is 5.40. The van der Waals surface area contributed by atoms with E-state index in [1.165, 1.54) is 0 Å². The summed E-state index contributed by atoms with van der Waals surface area (Å²) in [7, 11) is 0. The number of carbonyl (C=O) groups excluding carboxylic acids is 1. The molecule has 0 bridgehead atoms. The van der Waals surface area contributed by atoms with Crippen molar-refractivity contribution in [2.75, 3.05) is 26.2 Å². The van der Waals surface area contributed by atoms with Gasteiger partial charge in [0.15, 0.2) is 0 Å². The summed E-state index contributed by atoms with van der Waals surface area (Å²) in [4.78, 5) is 24.1.